The zero-order valence-corrected chi connectivity index (χ0v) is 15.2. The summed E-state index contributed by atoms with van der Waals surface area (Å²) in [5.74, 6) is 1.36. The lowest BCUT2D eigenvalue weighted by atomic mass is 10.1. The van der Waals surface area contributed by atoms with Crippen LogP contribution in [0.3, 0.4) is 0 Å². The first kappa shape index (κ1) is 16.6. The van der Waals surface area contributed by atoms with E-state index < -0.39 is 0 Å². The normalized spacial score (nSPS) is 19.8. The van der Waals surface area contributed by atoms with Crippen molar-refractivity contribution in [2.45, 2.75) is 18.6 Å². The number of nitrogens with zero attached hydrogens (tertiary/aromatic N) is 1. The fourth-order valence-corrected chi connectivity index (χ4v) is 4.12. The molecule has 1 aliphatic heterocycles. The van der Waals surface area contributed by atoms with Crippen molar-refractivity contribution in [1.82, 2.24) is 4.90 Å². The summed E-state index contributed by atoms with van der Waals surface area (Å²) in [6.45, 7) is 4.54. The molecule has 0 bridgehead atoms. The molecule has 6 heteroatoms. The fourth-order valence-electron chi connectivity index (χ4n) is 2.33. The highest BCUT2D eigenvalue weighted by Gasteiger charge is 2.32. The molecule has 0 radical (unpaired) electrons. The SMILES string of the molecule is CCN1C(=O)/C(=C/c2ccc(-c3ccc(C)c(Cl)c3)o2)SC1S. The number of likely N-dealkylation sites (N-methyl/N-ethyl adjacent to an activating group) is 1. The molecule has 1 unspecified atom stereocenters. The molecule has 1 aromatic carbocycles. The first-order valence-electron chi connectivity index (χ1n) is 7.23. The number of amides is 1. The number of hydrogen-bond donors (Lipinski definition) is 1. The number of thioether (sulfide) groups is 1. The van der Waals surface area contributed by atoms with Crippen LogP contribution < -0.4 is 0 Å². The standard InChI is InChI=1S/C17H16ClNO2S2/c1-3-19-16(20)15(23-17(19)22)9-12-6-7-14(21-12)11-5-4-10(2)13(18)8-11/h4-9,17,22H,3H2,1-2H3/b15-9-. The number of thiol groups is 1. The third kappa shape index (κ3) is 3.32. The van der Waals surface area contributed by atoms with Gasteiger partial charge in [0.2, 0.25) is 0 Å². The van der Waals surface area contributed by atoms with Crippen LogP contribution in [0, 0.1) is 6.92 Å². The smallest absolute Gasteiger partial charge is 0.262 e. The van der Waals surface area contributed by atoms with Crippen LogP contribution in [0.2, 0.25) is 5.02 Å². The predicted molar refractivity (Wildman–Crippen MR) is 99.6 cm³/mol. The maximum atomic E-state index is 12.2. The molecule has 0 spiro atoms. The van der Waals surface area contributed by atoms with Gasteiger partial charge in [0.15, 0.2) is 0 Å². The van der Waals surface area contributed by atoms with Crippen molar-refractivity contribution in [2.24, 2.45) is 0 Å². The first-order valence-corrected chi connectivity index (χ1v) is 9.00. The monoisotopic (exact) mass is 365 g/mol. The molecule has 3 nitrogen and oxygen atoms in total. The van der Waals surface area contributed by atoms with Crippen LogP contribution in [0.25, 0.3) is 17.4 Å². The average molecular weight is 366 g/mol. The van der Waals surface area contributed by atoms with Crippen molar-refractivity contribution in [3.63, 3.8) is 0 Å². The van der Waals surface area contributed by atoms with Crippen LogP contribution >= 0.6 is 36.0 Å². The Hall–Kier alpha value is -1.30. The van der Waals surface area contributed by atoms with E-state index in [0.717, 1.165) is 16.9 Å². The van der Waals surface area contributed by atoms with Gasteiger partial charge in [0.05, 0.1) is 4.91 Å². The van der Waals surface area contributed by atoms with Gasteiger partial charge in [0.25, 0.3) is 5.91 Å². The quantitative estimate of drug-likeness (QED) is 0.609. The largest absolute Gasteiger partial charge is 0.457 e. The molecule has 2 heterocycles. The molecule has 1 aliphatic rings. The third-order valence-corrected chi connectivity index (χ3v) is 5.68. The average Bonchev–Trinajstić information content (AvgIpc) is 3.08. The van der Waals surface area contributed by atoms with E-state index in [9.17, 15) is 4.79 Å². The van der Waals surface area contributed by atoms with Crippen molar-refractivity contribution >= 4 is 48.0 Å². The summed E-state index contributed by atoms with van der Waals surface area (Å²) in [5, 5.41) is 0.705. The molecule has 2 aromatic rings. The summed E-state index contributed by atoms with van der Waals surface area (Å²) in [7, 11) is 0. The van der Waals surface area contributed by atoms with Crippen LogP contribution in [0.1, 0.15) is 18.2 Å². The van der Waals surface area contributed by atoms with Gasteiger partial charge in [-0.1, -0.05) is 35.5 Å². The minimum Gasteiger partial charge on any atom is -0.457 e. The lowest BCUT2D eigenvalue weighted by Crippen LogP contribution is -2.28. The van der Waals surface area contributed by atoms with E-state index in [4.69, 9.17) is 16.0 Å². The summed E-state index contributed by atoms with van der Waals surface area (Å²) >= 11 is 12.0. The summed E-state index contributed by atoms with van der Waals surface area (Å²) < 4.78 is 5.70. The van der Waals surface area contributed by atoms with Crippen molar-refractivity contribution in [3.8, 4) is 11.3 Å². The molecule has 1 saturated heterocycles. The van der Waals surface area contributed by atoms with E-state index in [1.54, 1.807) is 11.0 Å². The number of carbonyl (C=O) groups is 1. The van der Waals surface area contributed by atoms with Crippen LogP contribution in [0.4, 0.5) is 0 Å². The predicted octanol–water partition coefficient (Wildman–Crippen LogP) is 5.06. The molecule has 0 N–H and O–H groups in total. The number of benzene rings is 1. The van der Waals surface area contributed by atoms with Crippen LogP contribution in [-0.2, 0) is 4.79 Å². The number of aryl methyl sites for hydroxylation is 1. The third-order valence-electron chi connectivity index (χ3n) is 3.67. The Morgan fingerprint density at radius 3 is 2.83 bits per heavy atom. The second-order valence-corrected chi connectivity index (χ2v) is 7.58. The van der Waals surface area contributed by atoms with E-state index in [2.05, 4.69) is 12.6 Å². The van der Waals surface area contributed by atoms with Gasteiger partial charge in [0.1, 0.15) is 16.2 Å². The molecule has 120 valence electrons. The zero-order chi connectivity index (χ0) is 16.6. The number of rotatable bonds is 3. The Morgan fingerprint density at radius 1 is 1.39 bits per heavy atom. The molecule has 1 aromatic heterocycles. The summed E-state index contributed by atoms with van der Waals surface area (Å²) in [6.07, 6.45) is 1.77. The zero-order valence-electron chi connectivity index (χ0n) is 12.7. The van der Waals surface area contributed by atoms with Gasteiger partial charge in [-0.25, -0.2) is 0 Å². The highest BCUT2D eigenvalue weighted by molar-refractivity contribution is 8.14. The summed E-state index contributed by atoms with van der Waals surface area (Å²) in [6, 6.07) is 9.54. The number of carbonyl (C=O) groups excluding carboxylic acids is 1. The van der Waals surface area contributed by atoms with E-state index in [1.165, 1.54) is 11.8 Å². The van der Waals surface area contributed by atoms with Crippen molar-refractivity contribution < 1.29 is 9.21 Å². The molecule has 0 saturated carbocycles. The second-order valence-electron chi connectivity index (χ2n) is 5.21. The molecule has 1 atom stereocenters. The topological polar surface area (TPSA) is 33.5 Å². The van der Waals surface area contributed by atoms with Crippen molar-refractivity contribution in [2.75, 3.05) is 6.54 Å². The Morgan fingerprint density at radius 2 is 2.17 bits per heavy atom. The number of halogens is 1. The van der Waals surface area contributed by atoms with E-state index >= 15 is 0 Å². The van der Waals surface area contributed by atoms with Gasteiger partial charge in [-0.3, -0.25) is 4.79 Å². The minimum atomic E-state index is -0.135. The van der Waals surface area contributed by atoms with Gasteiger partial charge < -0.3 is 9.32 Å². The second kappa shape index (κ2) is 6.67. The molecule has 0 aliphatic carbocycles. The van der Waals surface area contributed by atoms with Gasteiger partial charge in [-0.05, 0) is 37.6 Å². The maximum absolute atomic E-state index is 12.2. The van der Waals surface area contributed by atoms with Crippen molar-refractivity contribution in [1.29, 1.82) is 0 Å². The Labute approximate surface area is 150 Å². The lowest BCUT2D eigenvalue weighted by Gasteiger charge is -2.15. The van der Waals surface area contributed by atoms with Gasteiger partial charge in [0, 0.05) is 23.2 Å². The molecule has 1 amide bonds. The van der Waals surface area contributed by atoms with Gasteiger partial charge in [-0.15, -0.1) is 12.6 Å². The first-order chi connectivity index (χ1) is 11.0. The van der Waals surface area contributed by atoms with Crippen LogP contribution in [-0.4, -0.2) is 22.1 Å². The highest BCUT2D eigenvalue weighted by atomic mass is 35.5. The Kier molecular flexibility index (Phi) is 4.80. The van der Waals surface area contributed by atoms with E-state index in [-0.39, 0.29) is 10.6 Å². The summed E-state index contributed by atoms with van der Waals surface area (Å²) in [4.78, 5) is 14.6. The van der Waals surface area contributed by atoms with E-state index in [1.807, 2.05) is 44.2 Å². The molecule has 1 fully saturated rings. The molecule has 23 heavy (non-hydrogen) atoms. The van der Waals surface area contributed by atoms with Gasteiger partial charge in [-0.2, -0.15) is 0 Å². The van der Waals surface area contributed by atoms with Crippen LogP contribution in [0.5, 0.6) is 0 Å². The molecular weight excluding hydrogens is 350 g/mol. The molecule has 3 rings (SSSR count). The van der Waals surface area contributed by atoms with Crippen LogP contribution in [0.15, 0.2) is 39.7 Å². The molecular formula is C17H16ClNO2S2. The Balaban J connectivity index is 1.86. The number of hydrogen-bond acceptors (Lipinski definition) is 4. The highest BCUT2D eigenvalue weighted by Crippen LogP contribution is 2.38. The summed E-state index contributed by atoms with van der Waals surface area (Å²) in [5.41, 5.74) is 1.94. The van der Waals surface area contributed by atoms with E-state index in [0.29, 0.717) is 22.2 Å². The minimum absolute atomic E-state index is 0.00571. The van der Waals surface area contributed by atoms with Gasteiger partial charge >= 0.3 is 0 Å². The Bertz CT molecular complexity index is 785. The lowest BCUT2D eigenvalue weighted by molar-refractivity contribution is -0.124. The van der Waals surface area contributed by atoms with Crippen molar-refractivity contribution in [3.05, 3.63) is 51.6 Å². The number of furan rings is 1. The maximum Gasteiger partial charge on any atom is 0.262 e. The fraction of sp³-hybridized carbons (Fsp3) is 0.235.